The highest BCUT2D eigenvalue weighted by Crippen LogP contribution is 2.13. The van der Waals surface area contributed by atoms with Crippen LogP contribution in [0.15, 0.2) is 24.3 Å². The Hall–Kier alpha value is -1.39. The molecule has 104 valence electrons. The van der Waals surface area contributed by atoms with Gasteiger partial charge in [-0.25, -0.2) is 4.72 Å². The molecule has 0 aliphatic carbocycles. The predicted octanol–water partition coefficient (Wildman–Crippen LogP) is 0.535. The van der Waals surface area contributed by atoms with Gasteiger partial charge in [0.1, 0.15) is 6.61 Å². The quantitative estimate of drug-likeness (QED) is 0.690. The monoisotopic (exact) mass is 282 g/mol. The molecule has 0 fully saturated rings. The Bertz CT molecular complexity index is 556. The van der Waals surface area contributed by atoms with Crippen LogP contribution in [0.25, 0.3) is 0 Å². The van der Waals surface area contributed by atoms with Crippen LogP contribution >= 0.6 is 0 Å². The summed E-state index contributed by atoms with van der Waals surface area (Å²) in [5.41, 5.74) is 1.62. The second kappa shape index (κ2) is 7.26. The maximum Gasteiger partial charge on any atom is 0.277 e. The lowest BCUT2D eigenvalue weighted by Crippen LogP contribution is -2.37. The van der Waals surface area contributed by atoms with Crippen LogP contribution in [0.3, 0.4) is 0 Å². The molecule has 0 radical (unpaired) electrons. The second-order valence-electron chi connectivity index (χ2n) is 3.92. The highest BCUT2D eigenvalue weighted by molar-refractivity contribution is 7.87. The maximum absolute atomic E-state index is 11.6. The number of rotatable bonds is 5. The molecule has 6 heteroatoms. The summed E-state index contributed by atoms with van der Waals surface area (Å²) in [5.74, 6) is 5.33. The first-order valence-electron chi connectivity index (χ1n) is 5.95. The Labute approximate surface area is 114 Å². The fourth-order valence-electron chi connectivity index (χ4n) is 1.53. The lowest BCUT2D eigenvalue weighted by molar-refractivity contribution is 0.350. The number of benzene rings is 1. The molecule has 1 aromatic rings. The van der Waals surface area contributed by atoms with Gasteiger partial charge in [0, 0.05) is 18.2 Å². The van der Waals surface area contributed by atoms with Crippen molar-refractivity contribution in [3.8, 4) is 11.8 Å². The molecule has 0 aliphatic rings. The Morgan fingerprint density at radius 3 is 2.47 bits per heavy atom. The molecule has 0 aliphatic heterocycles. The highest BCUT2D eigenvalue weighted by atomic mass is 32.2. The van der Waals surface area contributed by atoms with Crippen LogP contribution in [-0.2, 0) is 10.2 Å². The molecule has 0 saturated carbocycles. The van der Waals surface area contributed by atoms with E-state index < -0.39 is 10.2 Å². The molecule has 1 unspecified atom stereocenters. The van der Waals surface area contributed by atoms with Crippen LogP contribution in [0.2, 0.25) is 0 Å². The van der Waals surface area contributed by atoms with Gasteiger partial charge in [0.05, 0.1) is 0 Å². The fraction of sp³-hybridized carbons (Fsp3) is 0.385. The van der Waals surface area contributed by atoms with Gasteiger partial charge in [0.2, 0.25) is 0 Å². The van der Waals surface area contributed by atoms with Crippen LogP contribution in [0.1, 0.15) is 31.0 Å². The molecule has 0 spiro atoms. The Morgan fingerprint density at radius 1 is 1.32 bits per heavy atom. The van der Waals surface area contributed by atoms with Gasteiger partial charge in [0.25, 0.3) is 10.2 Å². The third kappa shape index (κ3) is 5.41. The number of hydrogen-bond acceptors (Lipinski definition) is 3. The van der Waals surface area contributed by atoms with E-state index in [0.29, 0.717) is 6.54 Å². The van der Waals surface area contributed by atoms with Crippen molar-refractivity contribution in [1.82, 2.24) is 9.44 Å². The van der Waals surface area contributed by atoms with Crippen molar-refractivity contribution in [3.05, 3.63) is 35.4 Å². The zero-order valence-corrected chi connectivity index (χ0v) is 11.8. The highest BCUT2D eigenvalue weighted by Gasteiger charge is 2.13. The van der Waals surface area contributed by atoms with Crippen LogP contribution in [0.4, 0.5) is 0 Å². The molecular weight excluding hydrogens is 264 g/mol. The lowest BCUT2D eigenvalue weighted by Gasteiger charge is -2.14. The minimum atomic E-state index is -3.46. The molecule has 3 N–H and O–H groups in total. The summed E-state index contributed by atoms with van der Waals surface area (Å²) in [4.78, 5) is 0. The van der Waals surface area contributed by atoms with E-state index in [-0.39, 0.29) is 12.6 Å². The summed E-state index contributed by atoms with van der Waals surface area (Å²) in [5, 5.41) is 8.59. The lowest BCUT2D eigenvalue weighted by atomic mass is 10.1. The van der Waals surface area contributed by atoms with Gasteiger partial charge in [-0.15, -0.1) is 0 Å². The number of hydrogen-bond donors (Lipinski definition) is 3. The maximum atomic E-state index is 11.6. The molecule has 5 nitrogen and oxygen atoms in total. The van der Waals surface area contributed by atoms with E-state index in [4.69, 9.17) is 5.11 Å². The van der Waals surface area contributed by atoms with Crippen molar-refractivity contribution in [2.75, 3.05) is 13.2 Å². The largest absolute Gasteiger partial charge is 0.384 e. The van der Waals surface area contributed by atoms with E-state index >= 15 is 0 Å². The first-order valence-corrected chi connectivity index (χ1v) is 7.43. The SMILES string of the molecule is CCNS(=O)(=O)NC(C)c1ccc(C#CCO)cc1. The predicted molar refractivity (Wildman–Crippen MR) is 74.6 cm³/mol. The zero-order valence-electron chi connectivity index (χ0n) is 11.0. The molecular formula is C13H18N2O3S. The molecule has 0 bridgehead atoms. The Morgan fingerprint density at radius 2 is 1.95 bits per heavy atom. The third-order valence-corrected chi connectivity index (χ3v) is 3.72. The van der Waals surface area contributed by atoms with E-state index in [0.717, 1.165) is 11.1 Å². The van der Waals surface area contributed by atoms with Gasteiger partial charge < -0.3 is 5.11 Å². The number of aliphatic hydroxyl groups excluding tert-OH is 1. The molecule has 0 amide bonds. The minimum absolute atomic E-state index is 0.180. The summed E-state index contributed by atoms with van der Waals surface area (Å²) in [6.45, 7) is 3.65. The van der Waals surface area contributed by atoms with E-state index in [1.54, 1.807) is 38.1 Å². The van der Waals surface area contributed by atoms with Crippen molar-refractivity contribution in [3.63, 3.8) is 0 Å². The normalized spacial score (nSPS) is 12.6. The second-order valence-corrected chi connectivity index (χ2v) is 5.45. The van der Waals surface area contributed by atoms with Gasteiger partial charge >= 0.3 is 0 Å². The average molecular weight is 282 g/mol. The standard InChI is InChI=1S/C13H18N2O3S/c1-3-14-19(17,18)15-11(2)13-8-6-12(7-9-13)5-4-10-16/h6-9,11,14-16H,3,10H2,1-2H3. The van der Waals surface area contributed by atoms with E-state index in [2.05, 4.69) is 21.3 Å². The minimum Gasteiger partial charge on any atom is -0.384 e. The third-order valence-electron chi connectivity index (χ3n) is 2.39. The molecule has 1 atom stereocenters. The molecule has 0 saturated heterocycles. The van der Waals surface area contributed by atoms with Gasteiger partial charge in [0.15, 0.2) is 0 Å². The van der Waals surface area contributed by atoms with Crippen LogP contribution in [0.5, 0.6) is 0 Å². The van der Waals surface area contributed by atoms with Crippen molar-refractivity contribution in [2.45, 2.75) is 19.9 Å². The smallest absolute Gasteiger partial charge is 0.277 e. The van der Waals surface area contributed by atoms with Crippen LogP contribution < -0.4 is 9.44 Å². The topological polar surface area (TPSA) is 78.4 Å². The molecule has 0 aromatic heterocycles. The van der Waals surface area contributed by atoms with E-state index in [9.17, 15) is 8.42 Å². The molecule has 1 aromatic carbocycles. The van der Waals surface area contributed by atoms with Crippen molar-refractivity contribution >= 4 is 10.2 Å². The van der Waals surface area contributed by atoms with Gasteiger partial charge in [-0.3, -0.25) is 0 Å². The van der Waals surface area contributed by atoms with Gasteiger partial charge in [-0.2, -0.15) is 13.1 Å². The summed E-state index contributed by atoms with van der Waals surface area (Å²) in [6, 6.07) is 6.86. The average Bonchev–Trinajstić information content (AvgIpc) is 2.36. The Balaban J connectivity index is 2.75. The molecule has 19 heavy (non-hydrogen) atoms. The molecule has 0 heterocycles. The number of nitrogens with one attached hydrogen (secondary N) is 2. The first-order chi connectivity index (χ1) is 8.98. The summed E-state index contributed by atoms with van der Waals surface area (Å²) in [6.07, 6.45) is 0. The van der Waals surface area contributed by atoms with E-state index in [1.807, 2.05) is 0 Å². The number of aliphatic hydroxyl groups is 1. The molecule has 1 rings (SSSR count). The van der Waals surface area contributed by atoms with Gasteiger partial charge in [-0.1, -0.05) is 30.9 Å². The summed E-state index contributed by atoms with van der Waals surface area (Å²) >= 11 is 0. The Kier molecular flexibility index (Phi) is 5.99. The summed E-state index contributed by atoms with van der Waals surface area (Å²) in [7, 11) is -3.46. The zero-order chi connectivity index (χ0) is 14.3. The van der Waals surface area contributed by atoms with E-state index in [1.165, 1.54) is 0 Å². The van der Waals surface area contributed by atoms with Crippen LogP contribution in [-0.4, -0.2) is 26.7 Å². The fourth-order valence-corrected chi connectivity index (χ4v) is 2.59. The van der Waals surface area contributed by atoms with Crippen molar-refractivity contribution in [2.24, 2.45) is 0 Å². The summed E-state index contributed by atoms with van der Waals surface area (Å²) < 4.78 is 28.0. The van der Waals surface area contributed by atoms with Crippen LogP contribution in [0, 0.1) is 11.8 Å². The first kappa shape index (κ1) is 15.7. The van der Waals surface area contributed by atoms with Crippen molar-refractivity contribution < 1.29 is 13.5 Å². The van der Waals surface area contributed by atoms with Crippen molar-refractivity contribution in [1.29, 1.82) is 0 Å². The van der Waals surface area contributed by atoms with Gasteiger partial charge in [-0.05, 0) is 24.6 Å².